The molecule has 0 aromatic rings. The molecule has 4 rings (SSSR count). The predicted molar refractivity (Wildman–Crippen MR) is 56.6 cm³/mol. The van der Waals surface area contributed by atoms with Gasteiger partial charge in [0.15, 0.2) is 0 Å². The maximum atomic E-state index is 8.63. The van der Waals surface area contributed by atoms with Crippen molar-refractivity contribution in [2.24, 2.45) is 22.9 Å². The quantitative estimate of drug-likeness (QED) is 0.311. The lowest BCUT2D eigenvalue weighted by molar-refractivity contribution is 0.113. The summed E-state index contributed by atoms with van der Waals surface area (Å²) in [5.74, 6) is 3.96. The summed E-state index contributed by atoms with van der Waals surface area (Å²) >= 11 is 0. The van der Waals surface area contributed by atoms with E-state index in [9.17, 15) is 0 Å². The van der Waals surface area contributed by atoms with Gasteiger partial charge >= 0.3 is 0 Å². The molecule has 4 bridgehead atoms. The van der Waals surface area contributed by atoms with Crippen LogP contribution in [0.4, 0.5) is 0 Å². The first-order chi connectivity index (χ1) is 7.26. The monoisotopic (exact) mass is 207 g/mol. The van der Waals surface area contributed by atoms with Gasteiger partial charge in [0, 0.05) is 12.8 Å². The molecule has 0 amide bonds. The number of oxime groups is 1. The molecular weight excluding hydrogens is 190 g/mol. The lowest BCUT2D eigenvalue weighted by Gasteiger charge is -2.46. The average molecular weight is 207 g/mol. The zero-order chi connectivity index (χ0) is 10.4. The van der Waals surface area contributed by atoms with Crippen molar-refractivity contribution in [2.45, 2.75) is 39.0 Å². The summed E-state index contributed by atoms with van der Waals surface area (Å²) in [7, 11) is 0. The van der Waals surface area contributed by atoms with E-state index in [-0.39, 0.29) is 0 Å². The van der Waals surface area contributed by atoms with Crippen LogP contribution in [0, 0.1) is 17.8 Å². The zero-order valence-corrected chi connectivity index (χ0v) is 9.07. The molecule has 0 saturated heterocycles. The number of nitrogens with zero attached hydrogens (tertiary/aromatic N) is 1. The Morgan fingerprint density at radius 1 is 1.27 bits per heavy atom. The Labute approximate surface area is 89.8 Å². The van der Waals surface area contributed by atoms with E-state index in [4.69, 9.17) is 9.94 Å². The predicted octanol–water partition coefficient (Wildman–Crippen LogP) is 2.90. The van der Waals surface area contributed by atoms with Crippen LogP contribution in [0.1, 0.15) is 39.0 Å². The second-order valence-corrected chi connectivity index (χ2v) is 5.23. The lowest BCUT2D eigenvalue weighted by atomic mass is 9.60. The molecular formula is C12H17NO2. The van der Waals surface area contributed by atoms with Gasteiger partial charge in [0.1, 0.15) is 5.76 Å². The molecule has 3 nitrogen and oxygen atoms in total. The van der Waals surface area contributed by atoms with Gasteiger partial charge < -0.3 is 9.94 Å². The molecule has 2 unspecified atom stereocenters. The highest BCUT2D eigenvalue weighted by Crippen LogP contribution is 2.53. The second-order valence-electron chi connectivity index (χ2n) is 5.23. The Balaban J connectivity index is 1.88. The van der Waals surface area contributed by atoms with Gasteiger partial charge in [-0.25, -0.2) is 0 Å². The third kappa shape index (κ3) is 1.45. The number of rotatable bonds is 1. The molecule has 0 radical (unpaired) electrons. The van der Waals surface area contributed by atoms with Gasteiger partial charge in [-0.15, -0.1) is 0 Å². The standard InChI is InChI=1S/C12H17NO2/c1-7(13-14)15-12-10-3-8-2-9(5-10)6-11(12)4-8/h8-10,14H,2-6H2,1H3/b13-7+. The van der Waals surface area contributed by atoms with Crippen LogP contribution < -0.4 is 0 Å². The number of hydrogen-bond acceptors (Lipinski definition) is 3. The van der Waals surface area contributed by atoms with E-state index >= 15 is 0 Å². The fraction of sp³-hybridized carbons (Fsp3) is 0.750. The van der Waals surface area contributed by atoms with Gasteiger partial charge in [-0.05, 0) is 49.5 Å². The van der Waals surface area contributed by atoms with Gasteiger partial charge in [0.05, 0.1) is 0 Å². The van der Waals surface area contributed by atoms with Crippen molar-refractivity contribution in [2.75, 3.05) is 0 Å². The molecule has 82 valence electrons. The van der Waals surface area contributed by atoms with E-state index < -0.39 is 0 Å². The summed E-state index contributed by atoms with van der Waals surface area (Å²) in [6.45, 7) is 1.71. The first-order valence-electron chi connectivity index (χ1n) is 5.84. The molecule has 4 aliphatic carbocycles. The largest absolute Gasteiger partial charge is 0.444 e. The number of ether oxygens (including phenoxy) is 1. The summed E-state index contributed by atoms with van der Waals surface area (Å²) in [5.41, 5.74) is 1.50. The molecule has 0 spiro atoms. The van der Waals surface area contributed by atoms with E-state index in [0.29, 0.717) is 11.8 Å². The molecule has 0 aliphatic heterocycles. The summed E-state index contributed by atoms with van der Waals surface area (Å²) in [6.07, 6.45) is 6.45. The van der Waals surface area contributed by atoms with E-state index in [1.54, 1.807) is 6.92 Å². The molecule has 15 heavy (non-hydrogen) atoms. The Morgan fingerprint density at radius 2 is 1.93 bits per heavy atom. The van der Waals surface area contributed by atoms with Crippen molar-refractivity contribution in [3.63, 3.8) is 0 Å². The fourth-order valence-corrected chi connectivity index (χ4v) is 3.72. The minimum atomic E-state index is 0.380. The normalized spacial score (nSPS) is 38.7. The maximum Gasteiger partial charge on any atom is 0.227 e. The molecule has 3 heteroatoms. The van der Waals surface area contributed by atoms with Crippen LogP contribution in [0.15, 0.2) is 16.5 Å². The molecule has 2 atom stereocenters. The summed E-state index contributed by atoms with van der Waals surface area (Å²) in [4.78, 5) is 0. The topological polar surface area (TPSA) is 41.8 Å². The highest BCUT2D eigenvalue weighted by atomic mass is 16.5. The third-order valence-corrected chi connectivity index (χ3v) is 4.09. The number of hydrogen-bond donors (Lipinski definition) is 1. The van der Waals surface area contributed by atoms with Crippen LogP contribution in [-0.4, -0.2) is 11.1 Å². The van der Waals surface area contributed by atoms with Crippen LogP contribution in [0.2, 0.25) is 0 Å². The molecule has 1 N–H and O–H groups in total. The Kier molecular flexibility index (Phi) is 2.01. The van der Waals surface area contributed by atoms with Crippen LogP contribution in [0.3, 0.4) is 0 Å². The van der Waals surface area contributed by atoms with Crippen LogP contribution in [-0.2, 0) is 4.74 Å². The summed E-state index contributed by atoms with van der Waals surface area (Å²) < 4.78 is 5.66. The summed E-state index contributed by atoms with van der Waals surface area (Å²) in [6, 6.07) is 0. The highest BCUT2D eigenvalue weighted by Gasteiger charge is 2.43. The minimum absolute atomic E-state index is 0.380. The maximum absolute atomic E-state index is 8.63. The van der Waals surface area contributed by atoms with Crippen molar-refractivity contribution < 1.29 is 9.94 Å². The van der Waals surface area contributed by atoms with Crippen LogP contribution in [0.25, 0.3) is 0 Å². The van der Waals surface area contributed by atoms with Gasteiger partial charge in [-0.2, -0.15) is 0 Å². The molecule has 0 aromatic carbocycles. The van der Waals surface area contributed by atoms with Gasteiger partial charge in [0.2, 0.25) is 5.90 Å². The van der Waals surface area contributed by atoms with Crippen molar-refractivity contribution in [1.82, 2.24) is 0 Å². The first-order valence-corrected chi connectivity index (χ1v) is 5.84. The Bertz CT molecular complexity index is 330. The molecule has 2 saturated carbocycles. The zero-order valence-electron chi connectivity index (χ0n) is 9.07. The fourth-order valence-electron chi connectivity index (χ4n) is 3.72. The Hall–Kier alpha value is -0.990. The summed E-state index contributed by atoms with van der Waals surface area (Å²) in [5, 5.41) is 11.7. The third-order valence-electron chi connectivity index (χ3n) is 4.09. The minimum Gasteiger partial charge on any atom is -0.444 e. The van der Waals surface area contributed by atoms with E-state index in [1.807, 2.05) is 0 Å². The van der Waals surface area contributed by atoms with Gasteiger partial charge in [0.25, 0.3) is 0 Å². The molecule has 0 heterocycles. The van der Waals surface area contributed by atoms with Crippen molar-refractivity contribution in [3.05, 3.63) is 11.3 Å². The van der Waals surface area contributed by atoms with Gasteiger partial charge in [-0.3, -0.25) is 0 Å². The lowest BCUT2D eigenvalue weighted by Crippen LogP contribution is -2.36. The average Bonchev–Trinajstić information content (AvgIpc) is 2.22. The van der Waals surface area contributed by atoms with Crippen LogP contribution in [0.5, 0.6) is 0 Å². The second kappa shape index (κ2) is 3.26. The molecule has 4 aliphatic rings. The van der Waals surface area contributed by atoms with E-state index in [1.165, 1.54) is 37.7 Å². The Morgan fingerprint density at radius 3 is 2.47 bits per heavy atom. The molecule has 2 fully saturated rings. The molecule has 0 aromatic heterocycles. The van der Waals surface area contributed by atoms with Gasteiger partial charge in [-0.1, -0.05) is 5.16 Å². The van der Waals surface area contributed by atoms with Crippen molar-refractivity contribution >= 4 is 5.90 Å². The van der Waals surface area contributed by atoms with Crippen LogP contribution >= 0.6 is 0 Å². The van der Waals surface area contributed by atoms with Crippen molar-refractivity contribution in [3.8, 4) is 0 Å². The first kappa shape index (κ1) is 9.25. The van der Waals surface area contributed by atoms with E-state index in [2.05, 4.69) is 5.16 Å². The smallest absolute Gasteiger partial charge is 0.227 e. The van der Waals surface area contributed by atoms with E-state index in [0.717, 1.165) is 17.6 Å². The number of allylic oxidation sites excluding steroid dienone is 2. The highest BCUT2D eigenvalue weighted by molar-refractivity contribution is 5.73. The van der Waals surface area contributed by atoms with Crippen molar-refractivity contribution in [1.29, 1.82) is 0 Å². The SMILES string of the molecule is C/C(=N\O)OC1=C2CC3CC(C2)CC1C3.